The molecule has 6 nitrogen and oxygen atoms in total. The highest BCUT2D eigenvalue weighted by Gasteiger charge is 2.22. The molecule has 1 aliphatic rings. The van der Waals surface area contributed by atoms with Gasteiger partial charge in [-0.1, -0.05) is 57.2 Å². The van der Waals surface area contributed by atoms with Crippen LogP contribution in [0.4, 0.5) is 0 Å². The lowest BCUT2D eigenvalue weighted by Crippen LogP contribution is -2.35. The van der Waals surface area contributed by atoms with Crippen molar-refractivity contribution < 1.29 is 4.74 Å². The van der Waals surface area contributed by atoms with Crippen LogP contribution in [-0.4, -0.2) is 50.7 Å². The topological polar surface area (TPSA) is 56.1 Å². The van der Waals surface area contributed by atoms with Crippen molar-refractivity contribution in [3.8, 4) is 17.1 Å². The minimum atomic E-state index is 0.0766. The highest BCUT2D eigenvalue weighted by atomic mass is 16.5. The maximum Gasteiger partial charge on any atom is 0.145 e. The van der Waals surface area contributed by atoms with Crippen LogP contribution in [0.3, 0.4) is 0 Å². The van der Waals surface area contributed by atoms with Crippen molar-refractivity contribution in [2.45, 2.75) is 32.7 Å². The fraction of sp³-hybridized carbons (Fsp3) is 0.265. The summed E-state index contributed by atoms with van der Waals surface area (Å²) in [6.45, 7) is 11.2. The Morgan fingerprint density at radius 2 is 1.40 bits per heavy atom. The van der Waals surface area contributed by atoms with Crippen molar-refractivity contribution in [2.24, 2.45) is 0 Å². The van der Waals surface area contributed by atoms with E-state index in [0.717, 1.165) is 82.8 Å². The molecule has 4 heterocycles. The van der Waals surface area contributed by atoms with Gasteiger partial charge in [0.05, 0.1) is 35.3 Å². The molecule has 7 rings (SSSR count). The number of aromatic nitrogens is 4. The van der Waals surface area contributed by atoms with Gasteiger partial charge in [0.25, 0.3) is 0 Å². The molecule has 3 aromatic carbocycles. The zero-order valence-corrected chi connectivity index (χ0v) is 23.3. The Balaban J connectivity index is 1.45. The number of morpholine rings is 1. The monoisotopic (exact) mass is 527 g/mol. The molecule has 1 aliphatic heterocycles. The average molecular weight is 528 g/mol. The third kappa shape index (κ3) is 4.34. The lowest BCUT2D eigenvalue weighted by molar-refractivity contribution is 0.0342. The molecule has 200 valence electrons. The molecule has 40 heavy (non-hydrogen) atoms. The second kappa shape index (κ2) is 9.81. The van der Waals surface area contributed by atoms with Crippen LogP contribution in [0.15, 0.2) is 85.2 Å². The van der Waals surface area contributed by atoms with Crippen LogP contribution in [0.1, 0.15) is 31.9 Å². The van der Waals surface area contributed by atoms with Gasteiger partial charge >= 0.3 is 0 Å². The summed E-state index contributed by atoms with van der Waals surface area (Å²) in [6.07, 6.45) is 3.67. The Bertz CT molecular complexity index is 1830. The molecule has 0 amide bonds. The van der Waals surface area contributed by atoms with Crippen molar-refractivity contribution >= 4 is 32.8 Å². The number of rotatable bonds is 4. The SMILES string of the molecule is CC(C)(C)c1ccc(-n2c(-c3ccc(CN4CCOCC4)cc3)nc3c4cccnc4c4ncccc4c32)cc1. The number of imidazole rings is 1. The van der Waals surface area contributed by atoms with Crippen LogP contribution in [0.5, 0.6) is 0 Å². The molecular formula is C34H33N5O. The first-order valence-corrected chi connectivity index (χ1v) is 14.0. The van der Waals surface area contributed by atoms with Gasteiger partial charge in [-0.2, -0.15) is 0 Å². The summed E-state index contributed by atoms with van der Waals surface area (Å²) in [4.78, 5) is 17.3. The predicted molar refractivity (Wildman–Crippen MR) is 162 cm³/mol. The first-order valence-electron chi connectivity index (χ1n) is 14.0. The number of nitrogens with zero attached hydrogens (tertiary/aromatic N) is 5. The highest BCUT2D eigenvalue weighted by Crippen LogP contribution is 2.38. The third-order valence-electron chi connectivity index (χ3n) is 7.94. The fourth-order valence-corrected chi connectivity index (χ4v) is 5.76. The van der Waals surface area contributed by atoms with E-state index in [0.29, 0.717) is 0 Å². The minimum absolute atomic E-state index is 0.0766. The van der Waals surface area contributed by atoms with E-state index in [4.69, 9.17) is 19.7 Å². The van der Waals surface area contributed by atoms with E-state index in [-0.39, 0.29) is 5.41 Å². The fourth-order valence-electron chi connectivity index (χ4n) is 5.76. The molecule has 0 N–H and O–H groups in total. The maximum atomic E-state index is 5.52. The number of ether oxygens (including phenoxy) is 1. The normalized spacial score (nSPS) is 14.9. The second-order valence-electron chi connectivity index (χ2n) is 11.6. The molecule has 1 fully saturated rings. The zero-order valence-electron chi connectivity index (χ0n) is 23.3. The van der Waals surface area contributed by atoms with Crippen LogP contribution in [0.2, 0.25) is 0 Å². The van der Waals surface area contributed by atoms with Crippen LogP contribution in [-0.2, 0) is 16.7 Å². The van der Waals surface area contributed by atoms with Crippen LogP contribution in [0.25, 0.3) is 49.9 Å². The van der Waals surface area contributed by atoms with Gasteiger partial charge in [-0.25, -0.2) is 4.98 Å². The Hall–Kier alpha value is -4.13. The summed E-state index contributed by atoms with van der Waals surface area (Å²) in [5.41, 5.74) is 8.61. The van der Waals surface area contributed by atoms with Crippen molar-refractivity contribution in [3.63, 3.8) is 0 Å². The van der Waals surface area contributed by atoms with Gasteiger partial charge in [0.2, 0.25) is 0 Å². The lowest BCUT2D eigenvalue weighted by atomic mass is 9.87. The maximum absolute atomic E-state index is 5.52. The average Bonchev–Trinajstić information content (AvgIpc) is 3.39. The number of benzene rings is 3. The molecule has 0 spiro atoms. The Morgan fingerprint density at radius 3 is 2.08 bits per heavy atom. The number of fused-ring (bicyclic) bond motifs is 6. The summed E-state index contributed by atoms with van der Waals surface area (Å²) < 4.78 is 7.82. The summed E-state index contributed by atoms with van der Waals surface area (Å²) in [5.74, 6) is 0.915. The van der Waals surface area contributed by atoms with Gasteiger partial charge in [0.1, 0.15) is 5.82 Å². The van der Waals surface area contributed by atoms with Crippen LogP contribution in [0, 0.1) is 0 Å². The molecular weight excluding hydrogens is 494 g/mol. The summed E-state index contributed by atoms with van der Waals surface area (Å²) in [5, 5.41) is 2.06. The Kier molecular flexibility index (Phi) is 6.10. The largest absolute Gasteiger partial charge is 0.379 e. The van der Waals surface area contributed by atoms with Gasteiger partial charge in [-0.05, 0) is 52.9 Å². The standard InChI is InChI=1S/C34H33N5O/c1-34(2,3)25-12-14-26(15-13-25)39-32-28-7-5-17-36-30(28)29-27(6-4-16-35-29)31(32)37-33(39)24-10-8-23(9-11-24)22-38-18-20-40-21-19-38/h4-17H,18-22H2,1-3H3. The highest BCUT2D eigenvalue weighted by molar-refractivity contribution is 6.21. The Morgan fingerprint density at radius 1 is 0.750 bits per heavy atom. The van der Waals surface area contributed by atoms with Crippen molar-refractivity contribution in [2.75, 3.05) is 26.3 Å². The molecule has 0 aliphatic carbocycles. The summed E-state index contributed by atoms with van der Waals surface area (Å²) in [7, 11) is 0. The van der Waals surface area contributed by atoms with E-state index in [2.05, 4.69) is 90.9 Å². The summed E-state index contributed by atoms with van der Waals surface area (Å²) in [6, 6.07) is 26.0. The van der Waals surface area contributed by atoms with Crippen LogP contribution >= 0.6 is 0 Å². The van der Waals surface area contributed by atoms with Gasteiger partial charge in [-0.15, -0.1) is 0 Å². The minimum Gasteiger partial charge on any atom is -0.379 e. The molecule has 0 atom stereocenters. The van der Waals surface area contributed by atoms with Crippen molar-refractivity contribution in [1.29, 1.82) is 0 Å². The van der Waals surface area contributed by atoms with E-state index in [1.165, 1.54) is 11.1 Å². The number of hydrogen-bond acceptors (Lipinski definition) is 5. The molecule has 6 heteroatoms. The Labute approximate surface area is 234 Å². The third-order valence-corrected chi connectivity index (χ3v) is 7.94. The van der Waals surface area contributed by atoms with E-state index in [9.17, 15) is 0 Å². The van der Waals surface area contributed by atoms with Gasteiger partial charge < -0.3 is 4.74 Å². The van der Waals surface area contributed by atoms with Gasteiger partial charge in [-0.3, -0.25) is 19.4 Å². The summed E-state index contributed by atoms with van der Waals surface area (Å²) >= 11 is 0. The van der Waals surface area contributed by atoms with Gasteiger partial charge in [0.15, 0.2) is 0 Å². The number of hydrogen-bond donors (Lipinski definition) is 0. The molecule has 0 unspecified atom stereocenters. The van der Waals surface area contributed by atoms with E-state index in [1.807, 2.05) is 24.5 Å². The van der Waals surface area contributed by atoms with Crippen molar-refractivity contribution in [1.82, 2.24) is 24.4 Å². The predicted octanol–water partition coefficient (Wildman–Crippen LogP) is 6.92. The smallest absolute Gasteiger partial charge is 0.145 e. The van der Waals surface area contributed by atoms with E-state index >= 15 is 0 Å². The lowest BCUT2D eigenvalue weighted by Gasteiger charge is -2.26. The molecule has 6 aromatic rings. The van der Waals surface area contributed by atoms with Gasteiger partial charge in [0, 0.05) is 54.1 Å². The first kappa shape index (κ1) is 24.9. The van der Waals surface area contributed by atoms with E-state index in [1.54, 1.807) is 0 Å². The molecule has 0 saturated carbocycles. The molecule has 3 aromatic heterocycles. The van der Waals surface area contributed by atoms with Crippen molar-refractivity contribution in [3.05, 3.63) is 96.3 Å². The van der Waals surface area contributed by atoms with Crippen LogP contribution < -0.4 is 0 Å². The van der Waals surface area contributed by atoms with E-state index < -0.39 is 0 Å². The zero-order chi connectivity index (χ0) is 27.3. The molecule has 1 saturated heterocycles. The first-order chi connectivity index (χ1) is 19.5. The second-order valence-corrected chi connectivity index (χ2v) is 11.6. The number of pyridine rings is 2. The quantitative estimate of drug-likeness (QED) is 0.233. The molecule has 0 bridgehead atoms. The molecule has 0 radical (unpaired) electrons.